The van der Waals surface area contributed by atoms with Gasteiger partial charge in [-0.1, -0.05) is 30.3 Å². The molecule has 0 aliphatic rings. The second-order valence-electron chi connectivity index (χ2n) is 4.39. The molecule has 0 radical (unpaired) electrons. The second-order valence-corrected chi connectivity index (χ2v) is 4.39. The SMILES string of the molecule is NC(=O)[C@H](NC(=O)CCc1ccco1)c1ccccc1. The molecule has 0 saturated carbocycles. The van der Waals surface area contributed by atoms with Crippen LogP contribution in [-0.4, -0.2) is 11.8 Å². The van der Waals surface area contributed by atoms with E-state index < -0.39 is 11.9 Å². The number of furan rings is 1. The van der Waals surface area contributed by atoms with Crippen molar-refractivity contribution in [2.75, 3.05) is 0 Å². The van der Waals surface area contributed by atoms with E-state index in [1.165, 1.54) is 0 Å². The van der Waals surface area contributed by atoms with Crippen LogP contribution in [0.2, 0.25) is 0 Å². The van der Waals surface area contributed by atoms with Gasteiger partial charge >= 0.3 is 0 Å². The summed E-state index contributed by atoms with van der Waals surface area (Å²) >= 11 is 0. The molecule has 0 unspecified atom stereocenters. The number of primary amides is 1. The fraction of sp³-hybridized carbons (Fsp3) is 0.200. The third-order valence-electron chi connectivity index (χ3n) is 2.90. The number of nitrogens with two attached hydrogens (primary N) is 1. The highest BCUT2D eigenvalue weighted by atomic mass is 16.3. The first-order valence-electron chi connectivity index (χ1n) is 6.33. The quantitative estimate of drug-likeness (QED) is 0.836. The Kier molecular flexibility index (Phi) is 4.55. The number of benzene rings is 1. The van der Waals surface area contributed by atoms with Gasteiger partial charge in [-0.2, -0.15) is 0 Å². The van der Waals surface area contributed by atoms with Crippen LogP contribution in [0.25, 0.3) is 0 Å². The van der Waals surface area contributed by atoms with Crippen molar-refractivity contribution < 1.29 is 14.0 Å². The maximum Gasteiger partial charge on any atom is 0.244 e. The van der Waals surface area contributed by atoms with Gasteiger partial charge in [0.25, 0.3) is 0 Å². The van der Waals surface area contributed by atoms with Crippen LogP contribution in [0.15, 0.2) is 53.1 Å². The Balaban J connectivity index is 1.95. The third-order valence-corrected chi connectivity index (χ3v) is 2.90. The Labute approximate surface area is 116 Å². The molecule has 1 heterocycles. The standard InChI is InChI=1S/C15H16N2O3/c16-15(19)14(11-5-2-1-3-6-11)17-13(18)9-8-12-7-4-10-20-12/h1-7,10,14H,8-9H2,(H2,16,19)(H,17,18)/t14-/m1/s1. The van der Waals surface area contributed by atoms with Gasteiger partial charge in [0, 0.05) is 12.8 Å². The Morgan fingerprint density at radius 1 is 1.15 bits per heavy atom. The highest BCUT2D eigenvalue weighted by molar-refractivity contribution is 5.87. The van der Waals surface area contributed by atoms with Crippen molar-refractivity contribution in [3.8, 4) is 0 Å². The van der Waals surface area contributed by atoms with E-state index in [2.05, 4.69) is 5.32 Å². The molecule has 5 heteroatoms. The Bertz CT molecular complexity index is 564. The van der Waals surface area contributed by atoms with Crippen LogP contribution in [0.5, 0.6) is 0 Å². The van der Waals surface area contributed by atoms with Gasteiger partial charge in [-0.05, 0) is 17.7 Å². The van der Waals surface area contributed by atoms with E-state index in [9.17, 15) is 9.59 Å². The summed E-state index contributed by atoms with van der Waals surface area (Å²) in [4.78, 5) is 23.3. The zero-order valence-corrected chi connectivity index (χ0v) is 10.9. The highest BCUT2D eigenvalue weighted by Crippen LogP contribution is 2.12. The largest absolute Gasteiger partial charge is 0.469 e. The summed E-state index contributed by atoms with van der Waals surface area (Å²) in [5.41, 5.74) is 6.01. The van der Waals surface area contributed by atoms with Crippen molar-refractivity contribution >= 4 is 11.8 Å². The van der Waals surface area contributed by atoms with Crippen LogP contribution < -0.4 is 11.1 Å². The Morgan fingerprint density at radius 2 is 1.90 bits per heavy atom. The Hall–Kier alpha value is -2.56. The number of aryl methyl sites for hydroxylation is 1. The lowest BCUT2D eigenvalue weighted by molar-refractivity contribution is -0.127. The molecule has 0 aliphatic carbocycles. The van der Waals surface area contributed by atoms with Crippen molar-refractivity contribution in [3.63, 3.8) is 0 Å². The van der Waals surface area contributed by atoms with Crippen molar-refractivity contribution in [3.05, 3.63) is 60.1 Å². The maximum atomic E-state index is 11.9. The van der Waals surface area contributed by atoms with E-state index in [-0.39, 0.29) is 12.3 Å². The van der Waals surface area contributed by atoms with E-state index >= 15 is 0 Å². The minimum Gasteiger partial charge on any atom is -0.469 e. The van der Waals surface area contributed by atoms with Gasteiger partial charge < -0.3 is 15.5 Å². The molecule has 0 bridgehead atoms. The second kappa shape index (κ2) is 6.56. The molecule has 3 N–H and O–H groups in total. The molecular formula is C15H16N2O3. The summed E-state index contributed by atoms with van der Waals surface area (Å²) in [5, 5.41) is 2.64. The van der Waals surface area contributed by atoms with E-state index in [1.54, 1.807) is 42.7 Å². The Morgan fingerprint density at radius 3 is 2.50 bits per heavy atom. The average molecular weight is 272 g/mol. The van der Waals surface area contributed by atoms with E-state index in [0.717, 1.165) is 5.76 Å². The van der Waals surface area contributed by atoms with Crippen LogP contribution in [0.3, 0.4) is 0 Å². The summed E-state index contributed by atoms with van der Waals surface area (Å²) < 4.78 is 5.15. The first-order valence-corrected chi connectivity index (χ1v) is 6.33. The van der Waals surface area contributed by atoms with E-state index in [4.69, 9.17) is 10.2 Å². The van der Waals surface area contributed by atoms with Gasteiger partial charge in [0.05, 0.1) is 6.26 Å². The van der Waals surface area contributed by atoms with Gasteiger partial charge in [-0.3, -0.25) is 9.59 Å². The molecule has 0 saturated heterocycles. The third kappa shape index (κ3) is 3.71. The molecule has 0 fully saturated rings. The molecule has 104 valence electrons. The fourth-order valence-electron chi connectivity index (χ4n) is 1.89. The zero-order valence-electron chi connectivity index (χ0n) is 10.9. The molecule has 2 aromatic rings. The number of carbonyl (C=O) groups is 2. The molecule has 2 rings (SSSR count). The first kappa shape index (κ1) is 13.9. The lowest BCUT2D eigenvalue weighted by Crippen LogP contribution is -2.37. The minimum atomic E-state index is -0.805. The van der Waals surface area contributed by atoms with Crippen molar-refractivity contribution in [1.29, 1.82) is 0 Å². The molecule has 1 atom stereocenters. The predicted octanol–water partition coefficient (Wildman–Crippen LogP) is 1.55. The minimum absolute atomic E-state index is 0.240. The molecule has 5 nitrogen and oxygen atoms in total. The summed E-state index contributed by atoms with van der Waals surface area (Å²) in [6.07, 6.45) is 2.28. The van der Waals surface area contributed by atoms with Crippen LogP contribution in [0, 0.1) is 0 Å². The fourth-order valence-corrected chi connectivity index (χ4v) is 1.89. The van der Waals surface area contributed by atoms with Crippen LogP contribution in [-0.2, 0) is 16.0 Å². The molecule has 2 amide bonds. The summed E-state index contributed by atoms with van der Waals surface area (Å²) in [6.45, 7) is 0. The number of carbonyl (C=O) groups excluding carboxylic acids is 2. The molecule has 20 heavy (non-hydrogen) atoms. The number of hydrogen-bond donors (Lipinski definition) is 2. The smallest absolute Gasteiger partial charge is 0.244 e. The van der Waals surface area contributed by atoms with Crippen LogP contribution in [0.4, 0.5) is 0 Å². The lowest BCUT2D eigenvalue weighted by atomic mass is 10.1. The number of nitrogens with one attached hydrogen (secondary N) is 1. The average Bonchev–Trinajstić information content (AvgIpc) is 2.96. The number of amides is 2. The van der Waals surface area contributed by atoms with Gasteiger partial charge in [0.15, 0.2) is 0 Å². The van der Waals surface area contributed by atoms with Crippen molar-refractivity contribution in [2.45, 2.75) is 18.9 Å². The van der Waals surface area contributed by atoms with E-state index in [0.29, 0.717) is 12.0 Å². The predicted molar refractivity (Wildman–Crippen MR) is 73.5 cm³/mol. The lowest BCUT2D eigenvalue weighted by Gasteiger charge is -2.15. The summed E-state index contributed by atoms with van der Waals surface area (Å²) in [7, 11) is 0. The van der Waals surface area contributed by atoms with Crippen LogP contribution in [0.1, 0.15) is 23.8 Å². The summed E-state index contributed by atoms with van der Waals surface area (Å²) in [6, 6.07) is 11.7. The van der Waals surface area contributed by atoms with Crippen molar-refractivity contribution in [2.24, 2.45) is 5.73 Å². The summed E-state index contributed by atoms with van der Waals surface area (Å²) in [5.74, 6) is -0.0907. The van der Waals surface area contributed by atoms with Crippen molar-refractivity contribution in [1.82, 2.24) is 5.32 Å². The molecule has 0 spiro atoms. The number of rotatable bonds is 6. The first-order chi connectivity index (χ1) is 9.66. The number of hydrogen-bond acceptors (Lipinski definition) is 3. The maximum absolute atomic E-state index is 11.9. The molecular weight excluding hydrogens is 256 g/mol. The zero-order chi connectivity index (χ0) is 14.4. The highest BCUT2D eigenvalue weighted by Gasteiger charge is 2.19. The van der Waals surface area contributed by atoms with E-state index in [1.807, 2.05) is 6.07 Å². The van der Waals surface area contributed by atoms with Gasteiger partial charge in [0.1, 0.15) is 11.8 Å². The molecule has 0 aliphatic heterocycles. The topological polar surface area (TPSA) is 85.3 Å². The molecule has 1 aromatic heterocycles. The monoisotopic (exact) mass is 272 g/mol. The van der Waals surface area contributed by atoms with Gasteiger partial charge in [-0.25, -0.2) is 0 Å². The van der Waals surface area contributed by atoms with Crippen LogP contribution >= 0.6 is 0 Å². The van der Waals surface area contributed by atoms with Gasteiger partial charge in [-0.15, -0.1) is 0 Å². The molecule has 1 aromatic carbocycles. The van der Waals surface area contributed by atoms with Gasteiger partial charge in [0.2, 0.25) is 11.8 Å². The normalized spacial score (nSPS) is 11.8.